The Hall–Kier alpha value is -1.39. The van der Waals surface area contributed by atoms with Gasteiger partial charge in [0.15, 0.2) is 0 Å². The molecule has 1 aromatic rings. The zero-order valence-electron chi connectivity index (χ0n) is 10.6. The molecule has 0 spiro atoms. The highest BCUT2D eigenvalue weighted by atomic mass is 16.5. The number of hydrogen-bond donors (Lipinski definition) is 2. The first kappa shape index (κ1) is 13.1. The molecule has 1 aromatic carbocycles. The highest BCUT2D eigenvalue weighted by Crippen LogP contribution is 2.17. The SMILES string of the molecule is CC1OCCC1NC(=O)C(CN)c1ccccc1. The molecule has 1 saturated heterocycles. The van der Waals surface area contributed by atoms with Crippen molar-refractivity contribution in [3.8, 4) is 0 Å². The van der Waals surface area contributed by atoms with Gasteiger partial charge in [0.25, 0.3) is 0 Å². The molecule has 0 aromatic heterocycles. The second-order valence-electron chi connectivity index (χ2n) is 4.68. The lowest BCUT2D eigenvalue weighted by atomic mass is 9.97. The summed E-state index contributed by atoms with van der Waals surface area (Å²) in [5.74, 6) is -0.287. The Kier molecular flexibility index (Phi) is 4.33. The second kappa shape index (κ2) is 5.98. The molecule has 0 radical (unpaired) electrons. The molecule has 0 aliphatic carbocycles. The second-order valence-corrected chi connectivity index (χ2v) is 4.68. The van der Waals surface area contributed by atoms with Crippen LogP contribution in [0.3, 0.4) is 0 Å². The van der Waals surface area contributed by atoms with Crippen LogP contribution >= 0.6 is 0 Å². The maximum Gasteiger partial charge on any atom is 0.229 e. The zero-order chi connectivity index (χ0) is 13.0. The molecule has 1 amide bonds. The number of benzene rings is 1. The molecular formula is C14H20N2O2. The summed E-state index contributed by atoms with van der Waals surface area (Å²) in [4.78, 5) is 12.2. The number of nitrogens with two attached hydrogens (primary N) is 1. The molecule has 18 heavy (non-hydrogen) atoms. The van der Waals surface area contributed by atoms with Crippen molar-refractivity contribution in [2.45, 2.75) is 31.4 Å². The van der Waals surface area contributed by atoms with Crippen LogP contribution in [0.25, 0.3) is 0 Å². The molecule has 0 bridgehead atoms. The van der Waals surface area contributed by atoms with E-state index in [1.165, 1.54) is 0 Å². The van der Waals surface area contributed by atoms with Gasteiger partial charge in [0.2, 0.25) is 5.91 Å². The summed E-state index contributed by atoms with van der Waals surface area (Å²) >= 11 is 0. The van der Waals surface area contributed by atoms with Gasteiger partial charge < -0.3 is 15.8 Å². The van der Waals surface area contributed by atoms with Crippen molar-refractivity contribution in [3.63, 3.8) is 0 Å². The Morgan fingerprint density at radius 1 is 1.50 bits per heavy atom. The number of hydrogen-bond acceptors (Lipinski definition) is 3. The van der Waals surface area contributed by atoms with Gasteiger partial charge in [0, 0.05) is 13.2 Å². The average molecular weight is 248 g/mol. The monoisotopic (exact) mass is 248 g/mol. The van der Waals surface area contributed by atoms with Gasteiger partial charge in [-0.25, -0.2) is 0 Å². The third kappa shape index (κ3) is 2.89. The first-order valence-corrected chi connectivity index (χ1v) is 6.39. The van der Waals surface area contributed by atoms with Crippen LogP contribution < -0.4 is 11.1 Å². The fourth-order valence-electron chi connectivity index (χ4n) is 2.28. The van der Waals surface area contributed by atoms with E-state index >= 15 is 0 Å². The molecule has 4 heteroatoms. The first-order valence-electron chi connectivity index (χ1n) is 6.39. The highest BCUT2D eigenvalue weighted by molar-refractivity contribution is 5.84. The van der Waals surface area contributed by atoms with Crippen LogP contribution in [0.1, 0.15) is 24.8 Å². The molecule has 1 aliphatic heterocycles. The Morgan fingerprint density at radius 2 is 2.22 bits per heavy atom. The molecule has 3 unspecified atom stereocenters. The lowest BCUT2D eigenvalue weighted by Gasteiger charge is -2.20. The Bertz CT molecular complexity index is 394. The lowest BCUT2D eigenvalue weighted by Crippen LogP contribution is -2.43. The summed E-state index contributed by atoms with van der Waals surface area (Å²) in [5, 5.41) is 3.03. The highest BCUT2D eigenvalue weighted by Gasteiger charge is 2.28. The third-order valence-corrected chi connectivity index (χ3v) is 3.46. The fraction of sp³-hybridized carbons (Fsp3) is 0.500. The van der Waals surface area contributed by atoms with Gasteiger partial charge in [-0.2, -0.15) is 0 Å². The largest absolute Gasteiger partial charge is 0.376 e. The summed E-state index contributed by atoms with van der Waals surface area (Å²) in [5.41, 5.74) is 6.68. The normalized spacial score (nSPS) is 24.8. The van der Waals surface area contributed by atoms with Crippen LogP contribution in [0.4, 0.5) is 0 Å². The first-order chi connectivity index (χ1) is 8.72. The van der Waals surface area contributed by atoms with Crippen LogP contribution in [-0.4, -0.2) is 31.2 Å². The summed E-state index contributed by atoms with van der Waals surface area (Å²) in [6, 6.07) is 9.76. The van der Waals surface area contributed by atoms with Gasteiger partial charge in [-0.15, -0.1) is 0 Å². The molecule has 2 rings (SSSR count). The van der Waals surface area contributed by atoms with E-state index in [0.29, 0.717) is 13.2 Å². The zero-order valence-corrected chi connectivity index (χ0v) is 10.6. The van der Waals surface area contributed by atoms with Gasteiger partial charge >= 0.3 is 0 Å². The maximum atomic E-state index is 12.2. The Balaban J connectivity index is 2.02. The van der Waals surface area contributed by atoms with Crippen molar-refractivity contribution in [2.24, 2.45) is 5.73 Å². The van der Waals surface area contributed by atoms with Crippen molar-refractivity contribution in [1.29, 1.82) is 0 Å². The minimum Gasteiger partial charge on any atom is -0.376 e. The summed E-state index contributed by atoms with van der Waals surface area (Å²) < 4.78 is 5.44. The van der Waals surface area contributed by atoms with E-state index in [1.54, 1.807) is 0 Å². The standard InChI is InChI=1S/C14H20N2O2/c1-10-13(7-8-18-10)16-14(17)12(9-15)11-5-3-2-4-6-11/h2-6,10,12-13H,7-9,15H2,1H3,(H,16,17). The summed E-state index contributed by atoms with van der Waals surface area (Å²) in [6.45, 7) is 3.01. The predicted octanol–water partition coefficient (Wildman–Crippen LogP) is 1.02. The predicted molar refractivity (Wildman–Crippen MR) is 70.2 cm³/mol. The number of rotatable bonds is 4. The van der Waals surface area contributed by atoms with E-state index in [9.17, 15) is 4.79 Å². The van der Waals surface area contributed by atoms with E-state index in [2.05, 4.69) is 5.32 Å². The van der Waals surface area contributed by atoms with Crippen LogP contribution in [0.5, 0.6) is 0 Å². The van der Waals surface area contributed by atoms with Crippen LogP contribution in [0, 0.1) is 0 Å². The number of nitrogens with one attached hydrogen (secondary N) is 1. The van der Waals surface area contributed by atoms with Crippen molar-refractivity contribution in [1.82, 2.24) is 5.32 Å². The molecule has 3 atom stereocenters. The fourth-order valence-corrected chi connectivity index (χ4v) is 2.28. The van der Waals surface area contributed by atoms with E-state index in [1.807, 2.05) is 37.3 Å². The lowest BCUT2D eigenvalue weighted by molar-refractivity contribution is -0.123. The molecule has 0 saturated carbocycles. The Morgan fingerprint density at radius 3 is 2.78 bits per heavy atom. The molecule has 4 nitrogen and oxygen atoms in total. The van der Waals surface area contributed by atoms with Crippen molar-refractivity contribution in [2.75, 3.05) is 13.2 Å². The minimum absolute atomic E-state index is 0.00829. The van der Waals surface area contributed by atoms with Crippen LogP contribution in [0.15, 0.2) is 30.3 Å². The number of amides is 1. The smallest absolute Gasteiger partial charge is 0.229 e. The van der Waals surface area contributed by atoms with Gasteiger partial charge in [-0.1, -0.05) is 30.3 Å². The summed E-state index contributed by atoms with van der Waals surface area (Å²) in [6.07, 6.45) is 0.960. The molecular weight excluding hydrogens is 228 g/mol. The minimum atomic E-state index is -0.279. The Labute approximate surface area is 108 Å². The molecule has 3 N–H and O–H groups in total. The molecule has 1 fully saturated rings. The quantitative estimate of drug-likeness (QED) is 0.836. The molecule has 1 aliphatic rings. The number of carbonyl (C=O) groups is 1. The summed E-state index contributed by atoms with van der Waals surface area (Å²) in [7, 11) is 0. The molecule has 1 heterocycles. The van der Waals surface area contributed by atoms with Gasteiger partial charge in [-0.3, -0.25) is 4.79 Å². The van der Waals surface area contributed by atoms with E-state index < -0.39 is 0 Å². The van der Waals surface area contributed by atoms with E-state index in [4.69, 9.17) is 10.5 Å². The average Bonchev–Trinajstić information content (AvgIpc) is 2.77. The number of carbonyl (C=O) groups excluding carboxylic acids is 1. The van der Waals surface area contributed by atoms with Crippen molar-refractivity contribution < 1.29 is 9.53 Å². The van der Waals surface area contributed by atoms with E-state index in [0.717, 1.165) is 12.0 Å². The van der Waals surface area contributed by atoms with Crippen molar-refractivity contribution >= 4 is 5.91 Å². The molecule has 98 valence electrons. The number of ether oxygens (including phenoxy) is 1. The topological polar surface area (TPSA) is 64.3 Å². The van der Waals surface area contributed by atoms with Crippen LogP contribution in [-0.2, 0) is 9.53 Å². The third-order valence-electron chi connectivity index (χ3n) is 3.46. The van der Waals surface area contributed by atoms with Crippen molar-refractivity contribution in [3.05, 3.63) is 35.9 Å². The van der Waals surface area contributed by atoms with E-state index in [-0.39, 0.29) is 24.0 Å². The van der Waals surface area contributed by atoms with Crippen LogP contribution in [0.2, 0.25) is 0 Å². The van der Waals surface area contributed by atoms with Gasteiger partial charge in [-0.05, 0) is 18.9 Å². The van der Waals surface area contributed by atoms with Gasteiger partial charge in [0.1, 0.15) is 0 Å². The van der Waals surface area contributed by atoms with Gasteiger partial charge in [0.05, 0.1) is 18.1 Å². The maximum absolute atomic E-state index is 12.2.